The topological polar surface area (TPSA) is 38.3 Å². The van der Waals surface area contributed by atoms with E-state index in [2.05, 4.69) is 17.4 Å². The van der Waals surface area contributed by atoms with Crippen molar-refractivity contribution in [1.82, 2.24) is 5.32 Å². The molecule has 0 saturated heterocycles. The maximum absolute atomic E-state index is 12.2. The minimum atomic E-state index is -0.316. The zero-order valence-corrected chi connectivity index (χ0v) is 14.3. The Labute approximate surface area is 138 Å². The van der Waals surface area contributed by atoms with E-state index in [1.165, 1.54) is 5.56 Å². The molecule has 0 bridgehead atoms. The molecule has 0 unspecified atom stereocenters. The molecule has 0 saturated carbocycles. The van der Waals surface area contributed by atoms with Crippen molar-refractivity contribution in [2.24, 2.45) is 0 Å². The number of amides is 1. The number of carbonyl (C=O) groups is 1. The van der Waals surface area contributed by atoms with Gasteiger partial charge >= 0.3 is 0 Å². The van der Waals surface area contributed by atoms with Crippen molar-refractivity contribution >= 4 is 5.91 Å². The third-order valence-electron chi connectivity index (χ3n) is 3.67. The zero-order chi connectivity index (χ0) is 16.9. The number of rotatable bonds is 6. The number of hydrogen-bond donors (Lipinski definition) is 1. The predicted molar refractivity (Wildman–Crippen MR) is 93.8 cm³/mol. The van der Waals surface area contributed by atoms with Gasteiger partial charge in [-0.05, 0) is 56.9 Å². The number of carbonyl (C=O) groups excluding carboxylic acids is 1. The molecule has 0 atom stereocenters. The molecule has 2 aromatic carbocycles. The van der Waals surface area contributed by atoms with Crippen molar-refractivity contribution < 1.29 is 9.53 Å². The molecule has 0 radical (unpaired) electrons. The van der Waals surface area contributed by atoms with Gasteiger partial charge in [0.05, 0.1) is 0 Å². The Kier molecular flexibility index (Phi) is 5.43. The van der Waals surface area contributed by atoms with E-state index in [1.54, 1.807) is 0 Å². The fraction of sp³-hybridized carbons (Fsp3) is 0.350. The molecule has 2 aromatic rings. The molecule has 0 aliphatic rings. The fourth-order valence-electron chi connectivity index (χ4n) is 2.57. The molecule has 0 aliphatic carbocycles. The summed E-state index contributed by atoms with van der Waals surface area (Å²) in [6.45, 7) is 8.06. The van der Waals surface area contributed by atoms with Gasteiger partial charge in [0, 0.05) is 5.54 Å². The van der Waals surface area contributed by atoms with Crippen LogP contribution in [-0.2, 0) is 11.2 Å². The summed E-state index contributed by atoms with van der Waals surface area (Å²) in [5.41, 5.74) is 3.04. The number of aryl methyl sites for hydroxylation is 2. The molecular weight excluding hydrogens is 286 g/mol. The van der Waals surface area contributed by atoms with Crippen LogP contribution in [-0.4, -0.2) is 18.1 Å². The van der Waals surface area contributed by atoms with Gasteiger partial charge in [-0.2, -0.15) is 0 Å². The molecule has 122 valence electrons. The molecule has 1 amide bonds. The molecule has 2 rings (SSSR count). The fourth-order valence-corrected chi connectivity index (χ4v) is 2.57. The van der Waals surface area contributed by atoms with Crippen molar-refractivity contribution in [2.75, 3.05) is 6.61 Å². The van der Waals surface area contributed by atoms with E-state index < -0.39 is 0 Å². The Morgan fingerprint density at radius 2 is 1.78 bits per heavy atom. The van der Waals surface area contributed by atoms with Gasteiger partial charge in [0.15, 0.2) is 6.61 Å². The first-order chi connectivity index (χ1) is 10.9. The summed E-state index contributed by atoms with van der Waals surface area (Å²) in [5, 5.41) is 3.05. The SMILES string of the molecule is Cc1ccc(C)c(OCC(=O)NC(C)(C)Cc2ccccc2)c1. The molecule has 0 fully saturated rings. The van der Waals surface area contributed by atoms with E-state index in [0.29, 0.717) is 0 Å². The third kappa shape index (κ3) is 5.44. The maximum atomic E-state index is 12.2. The van der Waals surface area contributed by atoms with Crippen LogP contribution in [0.15, 0.2) is 48.5 Å². The first kappa shape index (κ1) is 17.1. The van der Waals surface area contributed by atoms with Crippen LogP contribution in [0.25, 0.3) is 0 Å². The summed E-state index contributed by atoms with van der Waals surface area (Å²) < 4.78 is 5.66. The lowest BCUT2D eigenvalue weighted by Gasteiger charge is -2.26. The molecule has 3 nitrogen and oxygen atoms in total. The van der Waals surface area contributed by atoms with Crippen LogP contribution in [0, 0.1) is 13.8 Å². The van der Waals surface area contributed by atoms with Gasteiger partial charge in [-0.15, -0.1) is 0 Å². The van der Waals surface area contributed by atoms with E-state index in [9.17, 15) is 4.79 Å². The minimum Gasteiger partial charge on any atom is -0.483 e. The average Bonchev–Trinajstić information content (AvgIpc) is 2.48. The van der Waals surface area contributed by atoms with Gasteiger partial charge in [0.1, 0.15) is 5.75 Å². The van der Waals surface area contributed by atoms with Gasteiger partial charge in [-0.1, -0.05) is 42.5 Å². The maximum Gasteiger partial charge on any atom is 0.258 e. The van der Waals surface area contributed by atoms with E-state index in [4.69, 9.17) is 4.74 Å². The molecule has 0 aliphatic heterocycles. The van der Waals surface area contributed by atoms with Gasteiger partial charge in [-0.25, -0.2) is 0 Å². The Hall–Kier alpha value is -2.29. The van der Waals surface area contributed by atoms with Crippen molar-refractivity contribution in [3.05, 3.63) is 65.2 Å². The summed E-state index contributed by atoms with van der Waals surface area (Å²) in [4.78, 5) is 12.2. The Balaban J connectivity index is 1.89. The highest BCUT2D eigenvalue weighted by Crippen LogP contribution is 2.19. The Morgan fingerprint density at radius 1 is 1.09 bits per heavy atom. The third-order valence-corrected chi connectivity index (χ3v) is 3.67. The lowest BCUT2D eigenvalue weighted by atomic mass is 9.95. The zero-order valence-electron chi connectivity index (χ0n) is 14.3. The van der Waals surface area contributed by atoms with E-state index in [0.717, 1.165) is 23.3 Å². The van der Waals surface area contributed by atoms with Crippen molar-refractivity contribution in [2.45, 2.75) is 39.7 Å². The van der Waals surface area contributed by atoms with Crippen LogP contribution in [0.4, 0.5) is 0 Å². The highest BCUT2D eigenvalue weighted by atomic mass is 16.5. The van der Waals surface area contributed by atoms with Crippen LogP contribution >= 0.6 is 0 Å². The molecule has 1 N–H and O–H groups in total. The number of hydrogen-bond acceptors (Lipinski definition) is 2. The Bertz CT molecular complexity index is 663. The molecule has 0 aromatic heterocycles. The summed E-state index contributed by atoms with van der Waals surface area (Å²) in [5.74, 6) is 0.660. The second kappa shape index (κ2) is 7.32. The van der Waals surface area contributed by atoms with Crippen LogP contribution in [0.2, 0.25) is 0 Å². The summed E-state index contributed by atoms with van der Waals surface area (Å²) in [7, 11) is 0. The van der Waals surface area contributed by atoms with Gasteiger partial charge in [0.25, 0.3) is 5.91 Å². The van der Waals surface area contributed by atoms with Crippen LogP contribution in [0.5, 0.6) is 5.75 Å². The normalized spacial score (nSPS) is 11.1. The molecule has 23 heavy (non-hydrogen) atoms. The van der Waals surface area contributed by atoms with E-state index in [1.807, 2.05) is 64.1 Å². The van der Waals surface area contributed by atoms with E-state index in [-0.39, 0.29) is 18.1 Å². The molecule has 3 heteroatoms. The van der Waals surface area contributed by atoms with Crippen molar-refractivity contribution in [3.8, 4) is 5.75 Å². The molecular formula is C20H25NO2. The van der Waals surface area contributed by atoms with Gasteiger partial charge < -0.3 is 10.1 Å². The highest BCUT2D eigenvalue weighted by Gasteiger charge is 2.21. The largest absolute Gasteiger partial charge is 0.483 e. The first-order valence-electron chi connectivity index (χ1n) is 7.91. The van der Waals surface area contributed by atoms with Crippen LogP contribution in [0.3, 0.4) is 0 Å². The van der Waals surface area contributed by atoms with Crippen LogP contribution < -0.4 is 10.1 Å². The second-order valence-electron chi connectivity index (χ2n) is 6.65. The quantitative estimate of drug-likeness (QED) is 0.880. The monoisotopic (exact) mass is 311 g/mol. The molecule has 0 heterocycles. The number of nitrogens with one attached hydrogen (secondary N) is 1. The van der Waals surface area contributed by atoms with E-state index >= 15 is 0 Å². The first-order valence-corrected chi connectivity index (χ1v) is 7.91. The number of ether oxygens (including phenoxy) is 1. The number of benzene rings is 2. The summed E-state index contributed by atoms with van der Waals surface area (Å²) >= 11 is 0. The van der Waals surface area contributed by atoms with Gasteiger partial charge in [-0.3, -0.25) is 4.79 Å². The summed E-state index contributed by atoms with van der Waals surface area (Å²) in [6, 6.07) is 16.1. The molecule has 0 spiro atoms. The van der Waals surface area contributed by atoms with Crippen molar-refractivity contribution in [3.63, 3.8) is 0 Å². The lowest BCUT2D eigenvalue weighted by Crippen LogP contribution is -2.47. The highest BCUT2D eigenvalue weighted by molar-refractivity contribution is 5.78. The van der Waals surface area contributed by atoms with Gasteiger partial charge in [0.2, 0.25) is 0 Å². The second-order valence-corrected chi connectivity index (χ2v) is 6.65. The predicted octanol–water partition coefficient (Wildman–Crippen LogP) is 3.82. The lowest BCUT2D eigenvalue weighted by molar-refractivity contribution is -0.124. The smallest absolute Gasteiger partial charge is 0.258 e. The van der Waals surface area contributed by atoms with Crippen LogP contribution in [0.1, 0.15) is 30.5 Å². The standard InChI is InChI=1S/C20H25NO2/c1-15-10-11-16(2)18(12-15)23-14-19(22)21-20(3,4)13-17-8-6-5-7-9-17/h5-12H,13-14H2,1-4H3,(H,21,22). The Morgan fingerprint density at radius 3 is 2.48 bits per heavy atom. The average molecular weight is 311 g/mol. The summed E-state index contributed by atoms with van der Waals surface area (Å²) in [6.07, 6.45) is 0.781. The van der Waals surface area contributed by atoms with Crippen molar-refractivity contribution in [1.29, 1.82) is 0 Å². The minimum absolute atomic E-state index is 0.0303.